The van der Waals surface area contributed by atoms with Crippen molar-refractivity contribution < 1.29 is 9.53 Å². The first-order chi connectivity index (χ1) is 9.13. The summed E-state index contributed by atoms with van der Waals surface area (Å²) < 4.78 is 6.96. The molecule has 0 atom stereocenters. The maximum Gasteiger partial charge on any atom is 0.234 e. The largest absolute Gasteiger partial charge is 0.383 e. The van der Waals surface area contributed by atoms with Crippen molar-refractivity contribution in [3.63, 3.8) is 0 Å². The summed E-state index contributed by atoms with van der Waals surface area (Å²) >= 11 is 0. The minimum absolute atomic E-state index is 0.0322. The summed E-state index contributed by atoms with van der Waals surface area (Å²) in [6, 6.07) is 0. The van der Waals surface area contributed by atoms with E-state index in [-0.39, 0.29) is 5.91 Å². The zero-order valence-corrected chi connectivity index (χ0v) is 12.0. The van der Waals surface area contributed by atoms with Crippen LogP contribution in [0.5, 0.6) is 0 Å². The summed E-state index contributed by atoms with van der Waals surface area (Å²) in [6.07, 6.45) is 3.71. The molecule has 0 saturated heterocycles. The van der Waals surface area contributed by atoms with Crippen molar-refractivity contribution >= 4 is 5.91 Å². The molecule has 1 aromatic rings. The fourth-order valence-corrected chi connectivity index (χ4v) is 1.68. The molecular weight excluding hydrogens is 244 g/mol. The smallest absolute Gasteiger partial charge is 0.234 e. The summed E-state index contributed by atoms with van der Waals surface area (Å²) in [7, 11) is 1.64. The molecule has 0 radical (unpaired) electrons. The number of carbonyl (C=O) groups is 1. The molecule has 0 saturated carbocycles. The van der Waals surface area contributed by atoms with Crippen LogP contribution >= 0.6 is 0 Å². The Kier molecular flexibility index (Phi) is 7.14. The number of methoxy groups -OCH3 is 1. The molecule has 6 nitrogen and oxygen atoms in total. The summed E-state index contributed by atoms with van der Waals surface area (Å²) in [5.74, 6) is 1.41. The average Bonchev–Trinajstić information content (AvgIpc) is 2.78. The average molecular weight is 268 g/mol. The van der Waals surface area contributed by atoms with Gasteiger partial charge >= 0.3 is 0 Å². The zero-order valence-electron chi connectivity index (χ0n) is 12.0. The van der Waals surface area contributed by atoms with Gasteiger partial charge in [0.15, 0.2) is 0 Å². The van der Waals surface area contributed by atoms with Crippen molar-refractivity contribution in [2.24, 2.45) is 5.92 Å². The lowest BCUT2D eigenvalue weighted by atomic mass is 10.2. The molecule has 0 aliphatic heterocycles. The monoisotopic (exact) mass is 268 g/mol. The fraction of sp³-hybridized carbons (Fsp3) is 0.692. The van der Waals surface area contributed by atoms with E-state index in [0.717, 1.165) is 12.4 Å². The number of amides is 1. The van der Waals surface area contributed by atoms with E-state index in [1.54, 1.807) is 13.3 Å². The Balaban J connectivity index is 2.28. The van der Waals surface area contributed by atoms with Crippen molar-refractivity contribution in [1.29, 1.82) is 0 Å². The molecule has 0 aliphatic carbocycles. The maximum absolute atomic E-state index is 11.6. The Hall–Kier alpha value is -1.40. The Morgan fingerprint density at radius 1 is 1.53 bits per heavy atom. The van der Waals surface area contributed by atoms with E-state index in [0.29, 0.717) is 32.2 Å². The minimum atomic E-state index is -0.0322. The molecule has 1 amide bonds. The number of imidazole rings is 1. The van der Waals surface area contributed by atoms with Gasteiger partial charge in [-0.25, -0.2) is 4.98 Å². The van der Waals surface area contributed by atoms with E-state index < -0.39 is 0 Å². The van der Waals surface area contributed by atoms with Gasteiger partial charge in [0.2, 0.25) is 5.91 Å². The molecule has 1 aromatic heterocycles. The second-order valence-electron chi connectivity index (χ2n) is 4.84. The lowest BCUT2D eigenvalue weighted by Crippen LogP contribution is -2.35. The fourth-order valence-electron chi connectivity index (χ4n) is 1.68. The lowest BCUT2D eigenvalue weighted by Gasteiger charge is -2.11. The normalized spacial score (nSPS) is 10.9. The third-order valence-electron chi connectivity index (χ3n) is 2.58. The van der Waals surface area contributed by atoms with Crippen molar-refractivity contribution in [1.82, 2.24) is 20.2 Å². The van der Waals surface area contributed by atoms with Crippen LogP contribution in [0.15, 0.2) is 12.4 Å². The van der Waals surface area contributed by atoms with Crippen molar-refractivity contribution in [3.8, 4) is 0 Å². The van der Waals surface area contributed by atoms with Crippen LogP contribution in [0.4, 0.5) is 0 Å². The van der Waals surface area contributed by atoms with E-state index in [2.05, 4.69) is 34.0 Å². The lowest BCUT2D eigenvalue weighted by molar-refractivity contribution is -0.120. The van der Waals surface area contributed by atoms with Gasteiger partial charge in [-0.3, -0.25) is 4.79 Å². The van der Waals surface area contributed by atoms with Gasteiger partial charge in [-0.1, -0.05) is 13.8 Å². The highest BCUT2D eigenvalue weighted by Crippen LogP contribution is 2.03. The Labute approximate surface area is 114 Å². The first-order valence-electron chi connectivity index (χ1n) is 6.59. The molecule has 0 aromatic carbocycles. The van der Waals surface area contributed by atoms with Crippen LogP contribution in [0.2, 0.25) is 0 Å². The van der Waals surface area contributed by atoms with Gasteiger partial charge in [0.1, 0.15) is 5.82 Å². The molecule has 0 spiro atoms. The van der Waals surface area contributed by atoms with Crippen molar-refractivity contribution in [3.05, 3.63) is 18.2 Å². The number of hydrogen-bond acceptors (Lipinski definition) is 4. The molecule has 108 valence electrons. The number of carbonyl (C=O) groups excluding carboxylic acids is 1. The number of nitrogens with one attached hydrogen (secondary N) is 2. The van der Waals surface area contributed by atoms with Gasteiger partial charge in [-0.2, -0.15) is 0 Å². The zero-order chi connectivity index (χ0) is 14.1. The van der Waals surface area contributed by atoms with E-state index in [9.17, 15) is 4.79 Å². The molecule has 0 unspecified atom stereocenters. The number of ether oxygens (including phenoxy) is 1. The van der Waals surface area contributed by atoms with E-state index in [1.807, 2.05) is 6.20 Å². The van der Waals surface area contributed by atoms with Gasteiger partial charge < -0.3 is 19.9 Å². The topological polar surface area (TPSA) is 68.2 Å². The second kappa shape index (κ2) is 8.66. The molecule has 6 heteroatoms. The standard InChI is InChI=1S/C13H24N4O2/c1-11(2)10-17-6-4-15-12(17)8-16-13(18)9-14-5-7-19-3/h4,6,11,14H,5,7-10H2,1-3H3,(H,16,18). The van der Waals surface area contributed by atoms with Crippen LogP contribution < -0.4 is 10.6 Å². The SMILES string of the molecule is COCCNCC(=O)NCc1nccn1CC(C)C. The number of hydrogen-bond donors (Lipinski definition) is 2. The molecule has 2 N–H and O–H groups in total. The van der Waals surface area contributed by atoms with Crippen molar-refractivity contribution in [2.45, 2.75) is 26.9 Å². The molecule has 1 rings (SSSR count). The number of rotatable bonds is 9. The summed E-state index contributed by atoms with van der Waals surface area (Å²) in [4.78, 5) is 15.8. The summed E-state index contributed by atoms with van der Waals surface area (Å²) in [5, 5.41) is 5.85. The predicted molar refractivity (Wildman–Crippen MR) is 73.7 cm³/mol. The van der Waals surface area contributed by atoms with Crippen LogP contribution in [0, 0.1) is 5.92 Å². The molecule has 0 fully saturated rings. The third kappa shape index (κ3) is 6.35. The van der Waals surface area contributed by atoms with Gasteiger partial charge in [-0.15, -0.1) is 0 Å². The second-order valence-corrected chi connectivity index (χ2v) is 4.84. The van der Waals surface area contributed by atoms with E-state index >= 15 is 0 Å². The molecule has 19 heavy (non-hydrogen) atoms. The Morgan fingerprint density at radius 2 is 2.32 bits per heavy atom. The maximum atomic E-state index is 11.6. The highest BCUT2D eigenvalue weighted by molar-refractivity contribution is 5.77. The van der Waals surface area contributed by atoms with E-state index in [4.69, 9.17) is 4.74 Å². The Bertz CT molecular complexity index is 376. The predicted octanol–water partition coefficient (Wildman–Crippen LogP) is 0.391. The highest BCUT2D eigenvalue weighted by Gasteiger charge is 2.06. The first kappa shape index (κ1) is 15.7. The van der Waals surface area contributed by atoms with Gasteiger partial charge in [0, 0.05) is 32.6 Å². The first-order valence-corrected chi connectivity index (χ1v) is 6.59. The third-order valence-corrected chi connectivity index (χ3v) is 2.58. The molecule has 0 aliphatic rings. The minimum Gasteiger partial charge on any atom is -0.383 e. The van der Waals surface area contributed by atoms with Crippen LogP contribution in [0.3, 0.4) is 0 Å². The molecular formula is C13H24N4O2. The Morgan fingerprint density at radius 3 is 3.00 bits per heavy atom. The highest BCUT2D eigenvalue weighted by atomic mass is 16.5. The van der Waals surface area contributed by atoms with E-state index in [1.165, 1.54) is 0 Å². The van der Waals surface area contributed by atoms with Gasteiger partial charge in [0.05, 0.1) is 19.7 Å². The number of aromatic nitrogens is 2. The van der Waals surface area contributed by atoms with Crippen LogP contribution in [-0.4, -0.2) is 42.3 Å². The van der Waals surface area contributed by atoms with Crippen LogP contribution in [0.1, 0.15) is 19.7 Å². The summed E-state index contributed by atoms with van der Waals surface area (Å²) in [6.45, 7) is 7.26. The summed E-state index contributed by atoms with van der Waals surface area (Å²) in [5.41, 5.74) is 0. The van der Waals surface area contributed by atoms with Gasteiger partial charge in [-0.05, 0) is 5.92 Å². The number of nitrogens with zero attached hydrogens (tertiary/aromatic N) is 2. The molecule has 0 bridgehead atoms. The van der Waals surface area contributed by atoms with Crippen LogP contribution in [-0.2, 0) is 22.6 Å². The van der Waals surface area contributed by atoms with Crippen LogP contribution in [0.25, 0.3) is 0 Å². The quantitative estimate of drug-likeness (QED) is 0.636. The van der Waals surface area contributed by atoms with Crippen molar-refractivity contribution in [2.75, 3.05) is 26.8 Å². The molecule has 1 heterocycles. The van der Waals surface area contributed by atoms with Gasteiger partial charge in [0.25, 0.3) is 0 Å².